The van der Waals surface area contributed by atoms with Gasteiger partial charge in [-0.05, 0) is 77.1 Å². The van der Waals surface area contributed by atoms with Crippen molar-refractivity contribution in [3.8, 4) is 11.5 Å². The van der Waals surface area contributed by atoms with Gasteiger partial charge in [-0.25, -0.2) is 5.43 Å². The third-order valence-corrected chi connectivity index (χ3v) is 7.56. The molecular formula is C30H38N2O4. The molecule has 0 atom stereocenters. The van der Waals surface area contributed by atoms with Gasteiger partial charge in [-0.2, -0.15) is 0 Å². The highest BCUT2D eigenvalue weighted by atomic mass is 16.5. The summed E-state index contributed by atoms with van der Waals surface area (Å²) >= 11 is 0. The lowest BCUT2D eigenvalue weighted by Crippen LogP contribution is -2.36. The molecule has 0 unspecified atom stereocenters. The molecule has 0 saturated carbocycles. The maximum absolute atomic E-state index is 12.7. The number of hydrogen-bond acceptors (Lipinski definition) is 5. The van der Waals surface area contributed by atoms with E-state index < -0.39 is 0 Å². The number of hydrazine groups is 1. The maximum Gasteiger partial charge on any atom is 0.301 e. The summed E-state index contributed by atoms with van der Waals surface area (Å²) in [7, 11) is 3.21. The number of carbonyl (C=O) groups excluding carboxylic acids is 1. The Morgan fingerprint density at radius 2 is 1.56 bits per heavy atom. The van der Waals surface area contributed by atoms with E-state index in [1.807, 2.05) is 24.3 Å². The zero-order chi connectivity index (χ0) is 26.1. The van der Waals surface area contributed by atoms with Crippen molar-refractivity contribution in [2.24, 2.45) is 0 Å². The Bertz CT molecular complexity index is 1230. The number of aryl methyl sites for hydroxylation is 1. The molecule has 0 saturated heterocycles. The Morgan fingerprint density at radius 1 is 0.944 bits per heavy atom. The SMILES string of the molecule is COc1cccc(OC)c1CNNC(=O)c1ccc(Cc2cc3c(cc2C)C(C)(C)CCC3(C)C)o1. The number of methoxy groups -OCH3 is 2. The van der Waals surface area contributed by atoms with Crippen molar-refractivity contribution in [1.29, 1.82) is 0 Å². The fourth-order valence-electron chi connectivity index (χ4n) is 5.12. The van der Waals surface area contributed by atoms with Crippen molar-refractivity contribution in [3.05, 3.63) is 81.8 Å². The highest BCUT2D eigenvalue weighted by molar-refractivity contribution is 5.91. The van der Waals surface area contributed by atoms with E-state index in [2.05, 4.69) is 57.6 Å². The fourth-order valence-corrected chi connectivity index (χ4v) is 5.12. The highest BCUT2D eigenvalue weighted by Gasteiger charge is 2.37. The van der Waals surface area contributed by atoms with Crippen LogP contribution in [0.4, 0.5) is 0 Å². The number of rotatable bonds is 8. The van der Waals surface area contributed by atoms with E-state index in [9.17, 15) is 4.79 Å². The number of nitrogens with one attached hydrogen (secondary N) is 2. The van der Waals surface area contributed by atoms with Crippen LogP contribution in [-0.2, 0) is 23.8 Å². The quantitative estimate of drug-likeness (QED) is 0.380. The second-order valence-corrected chi connectivity index (χ2v) is 11.0. The van der Waals surface area contributed by atoms with Gasteiger partial charge < -0.3 is 13.9 Å². The van der Waals surface area contributed by atoms with Gasteiger partial charge >= 0.3 is 5.91 Å². The van der Waals surface area contributed by atoms with E-state index in [0.29, 0.717) is 24.5 Å². The number of ether oxygens (including phenoxy) is 2. The molecule has 4 rings (SSSR count). The van der Waals surface area contributed by atoms with E-state index in [1.54, 1.807) is 20.3 Å². The maximum atomic E-state index is 12.7. The normalized spacial score (nSPS) is 15.8. The smallest absolute Gasteiger partial charge is 0.301 e. The van der Waals surface area contributed by atoms with Crippen molar-refractivity contribution >= 4 is 5.91 Å². The van der Waals surface area contributed by atoms with Crippen LogP contribution in [0.1, 0.15) is 84.7 Å². The summed E-state index contributed by atoms with van der Waals surface area (Å²) in [6.07, 6.45) is 3.02. The highest BCUT2D eigenvalue weighted by Crippen LogP contribution is 2.46. The second-order valence-electron chi connectivity index (χ2n) is 11.0. The summed E-state index contributed by atoms with van der Waals surface area (Å²) in [4.78, 5) is 12.7. The predicted octanol–water partition coefficient (Wildman–Crippen LogP) is 5.98. The summed E-state index contributed by atoms with van der Waals surface area (Å²) in [5.41, 5.74) is 12.2. The van der Waals surface area contributed by atoms with Gasteiger partial charge in [0, 0.05) is 13.0 Å². The molecule has 6 heteroatoms. The number of furan rings is 1. The molecule has 1 aliphatic rings. The van der Waals surface area contributed by atoms with Crippen LogP contribution in [0.2, 0.25) is 0 Å². The summed E-state index contributed by atoms with van der Waals surface area (Å²) in [6.45, 7) is 11.9. The lowest BCUT2D eigenvalue weighted by Gasteiger charge is -2.42. The van der Waals surface area contributed by atoms with Crippen molar-refractivity contribution in [1.82, 2.24) is 10.9 Å². The van der Waals surface area contributed by atoms with E-state index in [4.69, 9.17) is 13.9 Å². The van der Waals surface area contributed by atoms with Crippen molar-refractivity contribution in [2.75, 3.05) is 14.2 Å². The van der Waals surface area contributed by atoms with Crippen LogP contribution in [0.25, 0.3) is 0 Å². The first-order valence-corrected chi connectivity index (χ1v) is 12.5. The average molecular weight is 491 g/mol. The van der Waals surface area contributed by atoms with Crippen LogP contribution in [0.3, 0.4) is 0 Å². The van der Waals surface area contributed by atoms with Gasteiger partial charge in [0.1, 0.15) is 17.3 Å². The van der Waals surface area contributed by atoms with E-state index in [-0.39, 0.29) is 22.5 Å². The van der Waals surface area contributed by atoms with Gasteiger partial charge in [-0.15, -0.1) is 0 Å². The van der Waals surface area contributed by atoms with Crippen LogP contribution in [0.5, 0.6) is 11.5 Å². The van der Waals surface area contributed by atoms with Gasteiger partial charge in [0.15, 0.2) is 5.76 Å². The van der Waals surface area contributed by atoms with Crippen molar-refractivity contribution < 1.29 is 18.7 Å². The topological polar surface area (TPSA) is 72.7 Å². The van der Waals surface area contributed by atoms with E-state index in [1.165, 1.54) is 35.1 Å². The number of amides is 1. The number of hydrogen-bond donors (Lipinski definition) is 2. The zero-order valence-corrected chi connectivity index (χ0v) is 22.5. The molecule has 2 N–H and O–H groups in total. The Kier molecular flexibility index (Phi) is 7.19. The minimum absolute atomic E-state index is 0.150. The molecule has 1 heterocycles. The Balaban J connectivity index is 1.45. The van der Waals surface area contributed by atoms with E-state index in [0.717, 1.165) is 11.3 Å². The number of carbonyl (C=O) groups is 1. The van der Waals surface area contributed by atoms with Crippen molar-refractivity contribution in [2.45, 2.75) is 71.3 Å². The standard InChI is InChI=1S/C30H38N2O4/c1-19-15-23-24(30(4,5)14-13-29(23,2)3)17-20(19)16-21-11-12-27(36-21)28(33)32-31-18-22-25(34-6)9-8-10-26(22)35-7/h8-12,15,17,31H,13-14,16,18H2,1-7H3,(H,32,33). The minimum Gasteiger partial charge on any atom is -0.496 e. The van der Waals surface area contributed by atoms with Crippen LogP contribution in [0.15, 0.2) is 46.9 Å². The lowest BCUT2D eigenvalue weighted by molar-refractivity contribution is 0.0902. The van der Waals surface area contributed by atoms with Crippen LogP contribution < -0.4 is 20.3 Å². The molecule has 1 aromatic heterocycles. The molecular weight excluding hydrogens is 452 g/mol. The van der Waals surface area contributed by atoms with E-state index >= 15 is 0 Å². The Hall–Kier alpha value is -3.25. The largest absolute Gasteiger partial charge is 0.496 e. The fraction of sp³-hybridized carbons (Fsp3) is 0.433. The monoisotopic (exact) mass is 490 g/mol. The molecule has 0 radical (unpaired) electrons. The predicted molar refractivity (Wildman–Crippen MR) is 142 cm³/mol. The molecule has 2 aromatic carbocycles. The van der Waals surface area contributed by atoms with Gasteiger partial charge in [-0.1, -0.05) is 45.9 Å². The molecule has 6 nitrogen and oxygen atoms in total. The van der Waals surface area contributed by atoms with Crippen LogP contribution >= 0.6 is 0 Å². The second kappa shape index (κ2) is 10.0. The summed E-state index contributed by atoms with van der Waals surface area (Å²) < 4.78 is 16.7. The van der Waals surface area contributed by atoms with Crippen LogP contribution in [-0.4, -0.2) is 20.1 Å². The van der Waals surface area contributed by atoms with Gasteiger partial charge in [0.25, 0.3) is 0 Å². The first-order valence-electron chi connectivity index (χ1n) is 12.5. The molecule has 3 aromatic rings. The molecule has 1 amide bonds. The van der Waals surface area contributed by atoms with Gasteiger partial charge in [-0.3, -0.25) is 10.2 Å². The molecule has 192 valence electrons. The third kappa shape index (κ3) is 5.14. The number of benzene rings is 2. The summed E-state index contributed by atoms with van der Waals surface area (Å²) in [6, 6.07) is 13.9. The first-order chi connectivity index (χ1) is 17.1. The minimum atomic E-state index is -0.333. The van der Waals surface area contributed by atoms with Crippen LogP contribution in [0, 0.1) is 6.92 Å². The third-order valence-electron chi connectivity index (χ3n) is 7.56. The zero-order valence-electron chi connectivity index (χ0n) is 22.5. The molecule has 0 aliphatic heterocycles. The molecule has 0 fully saturated rings. The molecule has 0 bridgehead atoms. The summed E-state index contributed by atoms with van der Waals surface area (Å²) in [5.74, 6) is 2.07. The average Bonchev–Trinajstić information content (AvgIpc) is 3.31. The molecule has 36 heavy (non-hydrogen) atoms. The van der Waals surface area contributed by atoms with Gasteiger partial charge in [0.05, 0.1) is 19.8 Å². The van der Waals surface area contributed by atoms with Crippen molar-refractivity contribution in [3.63, 3.8) is 0 Å². The molecule has 1 aliphatic carbocycles. The Labute approximate surface area is 214 Å². The Morgan fingerprint density at radius 3 is 2.17 bits per heavy atom. The summed E-state index contributed by atoms with van der Waals surface area (Å²) in [5, 5.41) is 0. The number of fused-ring (bicyclic) bond motifs is 1. The first kappa shape index (κ1) is 25.8. The lowest BCUT2D eigenvalue weighted by atomic mass is 9.62. The molecule has 0 spiro atoms. The van der Waals surface area contributed by atoms with Gasteiger partial charge in [0.2, 0.25) is 0 Å².